The number of allylic oxidation sites excluding steroid dienone is 2. The Morgan fingerprint density at radius 2 is 0.833 bits per heavy atom. The van der Waals surface area contributed by atoms with Gasteiger partial charge in [-0.2, -0.15) is 0 Å². The Kier molecular flexibility index (Phi) is 25.2. The lowest BCUT2D eigenvalue weighted by atomic mass is 10.1. The molecule has 0 bridgehead atoms. The third-order valence-corrected chi connectivity index (χ3v) is 5.59. The summed E-state index contributed by atoms with van der Waals surface area (Å²) in [5.41, 5.74) is 0. The van der Waals surface area contributed by atoms with Crippen molar-refractivity contribution in [3.8, 4) is 0 Å². The largest absolute Gasteiger partial charge is 0.508 e. The van der Waals surface area contributed by atoms with Gasteiger partial charge in [0.05, 0.1) is 13.2 Å². The summed E-state index contributed by atoms with van der Waals surface area (Å²) in [7, 11) is 0. The molecular weight excluding hydrogens is 372 g/mol. The van der Waals surface area contributed by atoms with Gasteiger partial charge in [-0.25, -0.2) is 4.79 Å². The fourth-order valence-corrected chi connectivity index (χ4v) is 3.58. The van der Waals surface area contributed by atoms with Crippen molar-refractivity contribution in [1.82, 2.24) is 0 Å². The van der Waals surface area contributed by atoms with Crippen molar-refractivity contribution in [2.75, 3.05) is 13.2 Å². The number of carbonyl (C=O) groups is 1. The van der Waals surface area contributed by atoms with Gasteiger partial charge in [-0.1, -0.05) is 116 Å². The molecule has 0 aliphatic carbocycles. The average Bonchev–Trinajstić information content (AvgIpc) is 2.75. The highest BCUT2D eigenvalue weighted by atomic mass is 16.7. The molecule has 0 aromatic rings. The highest BCUT2D eigenvalue weighted by molar-refractivity contribution is 5.59. The van der Waals surface area contributed by atoms with E-state index in [4.69, 9.17) is 9.47 Å². The summed E-state index contributed by atoms with van der Waals surface area (Å²) in [4.78, 5) is 11.5. The van der Waals surface area contributed by atoms with Crippen LogP contribution in [0.2, 0.25) is 0 Å². The van der Waals surface area contributed by atoms with E-state index >= 15 is 0 Å². The van der Waals surface area contributed by atoms with Gasteiger partial charge in [0.1, 0.15) is 0 Å². The fourth-order valence-electron chi connectivity index (χ4n) is 3.58. The highest BCUT2D eigenvalue weighted by Gasteiger charge is 2.03. The van der Waals surface area contributed by atoms with E-state index in [-0.39, 0.29) is 0 Å². The minimum Gasteiger partial charge on any atom is -0.434 e. The van der Waals surface area contributed by atoms with Crippen molar-refractivity contribution in [3.63, 3.8) is 0 Å². The number of ether oxygens (including phenoxy) is 2. The number of hydrogen-bond acceptors (Lipinski definition) is 3. The molecule has 0 aliphatic heterocycles. The maximum Gasteiger partial charge on any atom is 0.508 e. The second kappa shape index (κ2) is 26.0. The van der Waals surface area contributed by atoms with Gasteiger partial charge in [0.15, 0.2) is 0 Å². The van der Waals surface area contributed by atoms with E-state index in [0.29, 0.717) is 13.2 Å². The third kappa shape index (κ3) is 25.0. The van der Waals surface area contributed by atoms with Crippen molar-refractivity contribution in [3.05, 3.63) is 12.2 Å². The van der Waals surface area contributed by atoms with Gasteiger partial charge in [0.25, 0.3) is 0 Å². The van der Waals surface area contributed by atoms with E-state index < -0.39 is 6.16 Å². The van der Waals surface area contributed by atoms with E-state index in [1.807, 2.05) is 0 Å². The lowest BCUT2D eigenvalue weighted by Gasteiger charge is -2.06. The van der Waals surface area contributed by atoms with Crippen LogP contribution in [-0.2, 0) is 9.47 Å². The molecule has 0 saturated heterocycles. The zero-order valence-electron chi connectivity index (χ0n) is 20.4. The molecule has 30 heavy (non-hydrogen) atoms. The van der Waals surface area contributed by atoms with Crippen LogP contribution in [0.1, 0.15) is 142 Å². The standard InChI is InChI=1S/C27H52O3/c1-3-5-7-9-11-12-13-14-15-16-17-18-19-20-22-24-26-30-27(28)29-25-23-21-10-8-6-4-2/h14-15H,3-13,16-26H2,1-2H3. The number of rotatable bonds is 23. The molecule has 0 radical (unpaired) electrons. The smallest absolute Gasteiger partial charge is 0.434 e. The summed E-state index contributed by atoms with van der Waals surface area (Å²) in [5.74, 6) is 0. The van der Waals surface area contributed by atoms with E-state index in [1.165, 1.54) is 103 Å². The van der Waals surface area contributed by atoms with E-state index in [9.17, 15) is 4.79 Å². The molecule has 3 nitrogen and oxygen atoms in total. The van der Waals surface area contributed by atoms with E-state index in [2.05, 4.69) is 26.0 Å². The van der Waals surface area contributed by atoms with Crippen LogP contribution >= 0.6 is 0 Å². The molecule has 0 fully saturated rings. The van der Waals surface area contributed by atoms with Crippen molar-refractivity contribution in [1.29, 1.82) is 0 Å². The Morgan fingerprint density at radius 3 is 1.23 bits per heavy atom. The van der Waals surface area contributed by atoms with Crippen LogP contribution in [0.15, 0.2) is 12.2 Å². The average molecular weight is 425 g/mol. The molecule has 0 aromatic carbocycles. The third-order valence-electron chi connectivity index (χ3n) is 5.59. The van der Waals surface area contributed by atoms with Crippen molar-refractivity contribution in [2.24, 2.45) is 0 Å². The van der Waals surface area contributed by atoms with Crippen LogP contribution in [0.3, 0.4) is 0 Å². The molecule has 0 saturated carbocycles. The molecule has 0 spiro atoms. The van der Waals surface area contributed by atoms with Crippen LogP contribution < -0.4 is 0 Å². The van der Waals surface area contributed by atoms with Crippen LogP contribution in [0, 0.1) is 0 Å². The van der Waals surface area contributed by atoms with Crippen molar-refractivity contribution < 1.29 is 14.3 Å². The highest BCUT2D eigenvalue weighted by Crippen LogP contribution is 2.10. The minimum absolute atomic E-state index is 0.490. The van der Waals surface area contributed by atoms with Crippen LogP contribution in [0.25, 0.3) is 0 Å². The lowest BCUT2D eigenvalue weighted by molar-refractivity contribution is 0.0529. The predicted octanol–water partition coefficient (Wildman–Crippen LogP) is 9.54. The van der Waals surface area contributed by atoms with Crippen LogP contribution in [-0.4, -0.2) is 19.4 Å². The molecule has 0 rings (SSSR count). The van der Waals surface area contributed by atoms with E-state index in [0.717, 1.165) is 25.7 Å². The summed E-state index contributed by atoms with van der Waals surface area (Å²) < 4.78 is 10.2. The second-order valence-corrected chi connectivity index (χ2v) is 8.65. The fraction of sp³-hybridized carbons (Fsp3) is 0.889. The second-order valence-electron chi connectivity index (χ2n) is 8.65. The van der Waals surface area contributed by atoms with Gasteiger partial charge in [0.2, 0.25) is 0 Å². The zero-order valence-corrected chi connectivity index (χ0v) is 20.4. The Balaban J connectivity index is 3.18. The molecule has 0 heterocycles. The molecule has 0 amide bonds. The molecule has 0 aromatic heterocycles. The molecule has 0 atom stereocenters. The van der Waals surface area contributed by atoms with Crippen molar-refractivity contribution >= 4 is 6.16 Å². The molecule has 0 aliphatic rings. The quantitative estimate of drug-likeness (QED) is 0.0930. The Hall–Kier alpha value is -0.990. The zero-order chi connectivity index (χ0) is 22.0. The molecule has 0 N–H and O–H groups in total. The number of carbonyl (C=O) groups excluding carboxylic acids is 1. The molecule has 3 heteroatoms. The van der Waals surface area contributed by atoms with Gasteiger partial charge in [-0.3, -0.25) is 0 Å². The molecule has 178 valence electrons. The molecule has 0 unspecified atom stereocenters. The Morgan fingerprint density at radius 1 is 0.500 bits per heavy atom. The van der Waals surface area contributed by atoms with Gasteiger partial charge in [-0.05, 0) is 38.5 Å². The summed E-state index contributed by atoms with van der Waals surface area (Å²) in [6.07, 6.45) is 29.4. The first-order valence-corrected chi connectivity index (χ1v) is 13.3. The maximum atomic E-state index is 11.5. The summed E-state index contributed by atoms with van der Waals surface area (Å²) >= 11 is 0. The first kappa shape index (κ1) is 29.0. The van der Waals surface area contributed by atoms with Crippen molar-refractivity contribution in [2.45, 2.75) is 142 Å². The Bertz CT molecular complexity index is 365. The SMILES string of the molecule is CCCCCCCCC=CCCCCCCCCOC(=O)OCCCCCCCC. The summed E-state index contributed by atoms with van der Waals surface area (Å²) in [6, 6.07) is 0. The van der Waals surface area contributed by atoms with Crippen LogP contribution in [0.4, 0.5) is 4.79 Å². The minimum atomic E-state index is -0.490. The van der Waals surface area contributed by atoms with E-state index in [1.54, 1.807) is 0 Å². The monoisotopic (exact) mass is 424 g/mol. The van der Waals surface area contributed by atoms with Gasteiger partial charge in [-0.15, -0.1) is 0 Å². The number of unbranched alkanes of at least 4 members (excludes halogenated alkanes) is 17. The summed E-state index contributed by atoms with van der Waals surface area (Å²) in [5, 5.41) is 0. The Labute approximate surface area is 188 Å². The van der Waals surface area contributed by atoms with Gasteiger partial charge < -0.3 is 9.47 Å². The van der Waals surface area contributed by atoms with Gasteiger partial charge in [0, 0.05) is 0 Å². The van der Waals surface area contributed by atoms with Crippen LogP contribution in [0.5, 0.6) is 0 Å². The first-order chi connectivity index (χ1) is 14.8. The topological polar surface area (TPSA) is 35.5 Å². The lowest BCUT2D eigenvalue weighted by Crippen LogP contribution is -2.09. The normalized spacial score (nSPS) is 11.3. The van der Waals surface area contributed by atoms with Gasteiger partial charge >= 0.3 is 6.16 Å². The summed E-state index contributed by atoms with van der Waals surface area (Å²) in [6.45, 7) is 5.49. The molecular formula is C27H52O3. The number of hydrogen-bond donors (Lipinski definition) is 0. The first-order valence-electron chi connectivity index (χ1n) is 13.3. The predicted molar refractivity (Wildman–Crippen MR) is 130 cm³/mol. The maximum absolute atomic E-state index is 11.5.